The van der Waals surface area contributed by atoms with Crippen molar-refractivity contribution in [1.29, 1.82) is 5.26 Å². The Kier molecular flexibility index (Phi) is 5.49. The van der Waals surface area contributed by atoms with Crippen molar-refractivity contribution in [2.24, 2.45) is 0 Å². The molecule has 0 unspecified atom stereocenters. The summed E-state index contributed by atoms with van der Waals surface area (Å²) >= 11 is 7.38. The second-order valence-corrected chi connectivity index (χ2v) is 5.70. The zero-order valence-electron chi connectivity index (χ0n) is 13.0. The molecule has 0 bridgehead atoms. The Morgan fingerprint density at radius 1 is 1.46 bits per heavy atom. The van der Waals surface area contributed by atoms with Gasteiger partial charge in [0.25, 0.3) is 5.56 Å². The topological polar surface area (TPSA) is 105 Å². The van der Waals surface area contributed by atoms with Crippen molar-refractivity contribution >= 4 is 29.3 Å². The average molecular weight is 366 g/mol. The Hall–Kier alpha value is -2.50. The SMILES string of the molecule is COc1cc(-c2nc(SC)[nH]c(=O)c2C#N)cc(Cl)c1OC(C)=O. The number of aromatic nitrogens is 2. The summed E-state index contributed by atoms with van der Waals surface area (Å²) in [5.41, 5.74) is -0.136. The third kappa shape index (κ3) is 3.53. The molecular weight excluding hydrogens is 354 g/mol. The number of benzene rings is 1. The smallest absolute Gasteiger partial charge is 0.308 e. The number of nitrogens with zero attached hydrogens (tertiary/aromatic N) is 2. The van der Waals surface area contributed by atoms with Gasteiger partial charge in [-0.1, -0.05) is 23.4 Å². The van der Waals surface area contributed by atoms with Crippen LogP contribution in [-0.4, -0.2) is 29.3 Å². The predicted molar refractivity (Wildman–Crippen MR) is 89.7 cm³/mol. The summed E-state index contributed by atoms with van der Waals surface area (Å²) in [6.07, 6.45) is 1.74. The van der Waals surface area contributed by atoms with E-state index < -0.39 is 11.5 Å². The van der Waals surface area contributed by atoms with Crippen LogP contribution in [0.25, 0.3) is 11.3 Å². The van der Waals surface area contributed by atoms with E-state index in [2.05, 4.69) is 9.97 Å². The van der Waals surface area contributed by atoms with E-state index >= 15 is 0 Å². The van der Waals surface area contributed by atoms with Crippen molar-refractivity contribution in [1.82, 2.24) is 9.97 Å². The number of thioether (sulfide) groups is 1. The number of carbonyl (C=O) groups is 1. The molecule has 0 radical (unpaired) electrons. The van der Waals surface area contributed by atoms with Crippen LogP contribution in [0.2, 0.25) is 5.02 Å². The van der Waals surface area contributed by atoms with Gasteiger partial charge in [0.2, 0.25) is 0 Å². The number of H-pyrrole nitrogens is 1. The number of nitrogens with one attached hydrogen (secondary N) is 1. The lowest BCUT2D eigenvalue weighted by molar-refractivity contribution is -0.132. The fraction of sp³-hybridized carbons (Fsp3) is 0.200. The Morgan fingerprint density at radius 2 is 2.17 bits per heavy atom. The highest BCUT2D eigenvalue weighted by atomic mass is 35.5. The molecule has 0 amide bonds. The lowest BCUT2D eigenvalue weighted by atomic mass is 10.1. The van der Waals surface area contributed by atoms with Gasteiger partial charge in [0, 0.05) is 12.5 Å². The lowest BCUT2D eigenvalue weighted by Crippen LogP contribution is -2.14. The van der Waals surface area contributed by atoms with Gasteiger partial charge >= 0.3 is 5.97 Å². The second-order valence-electron chi connectivity index (χ2n) is 4.49. The zero-order valence-corrected chi connectivity index (χ0v) is 14.5. The molecule has 0 aliphatic rings. The number of aromatic amines is 1. The molecule has 1 heterocycles. The average Bonchev–Trinajstić information content (AvgIpc) is 2.55. The fourth-order valence-corrected chi connectivity index (χ4v) is 2.59. The van der Waals surface area contributed by atoms with E-state index in [0.717, 1.165) is 0 Å². The van der Waals surface area contributed by atoms with E-state index in [9.17, 15) is 14.9 Å². The summed E-state index contributed by atoms with van der Waals surface area (Å²) in [4.78, 5) is 30.0. The molecular formula is C15H12ClN3O4S. The first-order valence-corrected chi connectivity index (χ1v) is 8.16. The van der Waals surface area contributed by atoms with Gasteiger partial charge in [0.15, 0.2) is 16.7 Å². The monoisotopic (exact) mass is 365 g/mol. The molecule has 0 spiro atoms. The fourth-order valence-electron chi connectivity index (χ4n) is 1.96. The maximum atomic E-state index is 12.0. The largest absolute Gasteiger partial charge is 0.493 e. The van der Waals surface area contributed by atoms with Crippen molar-refractivity contribution in [3.8, 4) is 28.8 Å². The first-order valence-electron chi connectivity index (χ1n) is 6.56. The van der Waals surface area contributed by atoms with Crippen molar-refractivity contribution in [2.45, 2.75) is 12.1 Å². The second kappa shape index (κ2) is 7.38. The highest BCUT2D eigenvalue weighted by Crippen LogP contribution is 2.39. The van der Waals surface area contributed by atoms with Gasteiger partial charge in [-0.3, -0.25) is 9.59 Å². The normalized spacial score (nSPS) is 10.1. The van der Waals surface area contributed by atoms with Crippen molar-refractivity contribution in [3.05, 3.63) is 33.1 Å². The highest BCUT2D eigenvalue weighted by molar-refractivity contribution is 7.98. The molecule has 7 nitrogen and oxygen atoms in total. The summed E-state index contributed by atoms with van der Waals surface area (Å²) in [7, 11) is 1.38. The molecule has 0 fully saturated rings. The number of ether oxygens (including phenoxy) is 2. The molecule has 1 N–H and O–H groups in total. The van der Waals surface area contributed by atoms with E-state index in [-0.39, 0.29) is 27.8 Å². The Balaban J connectivity index is 2.72. The summed E-state index contributed by atoms with van der Waals surface area (Å²) < 4.78 is 10.2. The van der Waals surface area contributed by atoms with Gasteiger partial charge in [-0.15, -0.1) is 0 Å². The molecule has 2 rings (SSSR count). The minimum absolute atomic E-state index is 0.0591. The summed E-state index contributed by atoms with van der Waals surface area (Å²) in [5.74, 6) is -0.312. The van der Waals surface area contributed by atoms with Crippen LogP contribution in [0.15, 0.2) is 22.1 Å². The van der Waals surface area contributed by atoms with E-state index in [4.69, 9.17) is 21.1 Å². The Bertz CT molecular complexity index is 905. The number of hydrogen-bond donors (Lipinski definition) is 1. The molecule has 124 valence electrons. The molecule has 24 heavy (non-hydrogen) atoms. The third-order valence-corrected chi connectivity index (χ3v) is 3.81. The first kappa shape index (κ1) is 17.8. The van der Waals surface area contributed by atoms with Crippen molar-refractivity contribution < 1.29 is 14.3 Å². The van der Waals surface area contributed by atoms with Gasteiger partial charge in [0.05, 0.1) is 17.8 Å². The number of nitriles is 1. The van der Waals surface area contributed by atoms with Crippen molar-refractivity contribution in [3.63, 3.8) is 0 Å². The van der Waals surface area contributed by atoms with Crippen LogP contribution >= 0.6 is 23.4 Å². The lowest BCUT2D eigenvalue weighted by Gasteiger charge is -2.12. The molecule has 0 saturated heterocycles. The van der Waals surface area contributed by atoms with Gasteiger partial charge in [-0.2, -0.15) is 5.26 Å². The number of carbonyl (C=O) groups excluding carboxylic acids is 1. The Labute approximate surface area is 146 Å². The molecule has 2 aromatic rings. The minimum atomic E-state index is -0.556. The molecule has 0 aliphatic carbocycles. The van der Waals surface area contributed by atoms with Crippen LogP contribution in [-0.2, 0) is 4.79 Å². The van der Waals surface area contributed by atoms with Crippen LogP contribution < -0.4 is 15.0 Å². The number of hydrogen-bond acceptors (Lipinski definition) is 7. The van der Waals surface area contributed by atoms with Gasteiger partial charge in [-0.25, -0.2) is 4.98 Å². The summed E-state index contributed by atoms with van der Waals surface area (Å²) in [6.45, 7) is 1.24. The van der Waals surface area contributed by atoms with Crippen LogP contribution in [0, 0.1) is 11.3 Å². The molecule has 1 aromatic carbocycles. The van der Waals surface area contributed by atoms with Crippen LogP contribution in [0.1, 0.15) is 12.5 Å². The maximum absolute atomic E-state index is 12.0. The predicted octanol–water partition coefficient (Wildman–Crippen LogP) is 2.62. The molecule has 0 aliphatic heterocycles. The molecule has 9 heteroatoms. The number of esters is 1. The summed E-state index contributed by atoms with van der Waals surface area (Å²) in [5, 5.41) is 9.69. The maximum Gasteiger partial charge on any atom is 0.308 e. The standard InChI is InChI=1S/C15H12ClN3O4S/c1-7(20)23-13-10(16)4-8(5-11(13)22-2)12-9(6-17)14(21)19-15(18-12)24-3/h4-5H,1-3H3,(H,18,19,21). The summed E-state index contributed by atoms with van der Waals surface area (Å²) in [6, 6.07) is 4.78. The molecule has 1 aromatic heterocycles. The zero-order chi connectivity index (χ0) is 17.9. The van der Waals surface area contributed by atoms with Crippen molar-refractivity contribution in [2.75, 3.05) is 13.4 Å². The number of methoxy groups -OCH3 is 1. The first-order chi connectivity index (χ1) is 11.4. The minimum Gasteiger partial charge on any atom is -0.493 e. The third-order valence-electron chi connectivity index (χ3n) is 2.95. The van der Waals surface area contributed by atoms with E-state index in [1.54, 1.807) is 6.26 Å². The number of rotatable bonds is 4. The quantitative estimate of drug-likeness (QED) is 0.384. The van der Waals surface area contributed by atoms with Gasteiger partial charge in [0.1, 0.15) is 11.6 Å². The Morgan fingerprint density at radius 3 is 2.71 bits per heavy atom. The van der Waals surface area contributed by atoms with E-state index in [1.807, 2.05) is 6.07 Å². The van der Waals surface area contributed by atoms with E-state index in [1.165, 1.54) is 37.9 Å². The van der Waals surface area contributed by atoms with E-state index in [0.29, 0.717) is 10.7 Å². The van der Waals surface area contributed by atoms with Crippen LogP contribution in [0.3, 0.4) is 0 Å². The molecule has 0 atom stereocenters. The molecule has 0 saturated carbocycles. The van der Waals surface area contributed by atoms with Crippen LogP contribution in [0.4, 0.5) is 0 Å². The van der Waals surface area contributed by atoms with Gasteiger partial charge < -0.3 is 14.5 Å². The van der Waals surface area contributed by atoms with Crippen LogP contribution in [0.5, 0.6) is 11.5 Å². The van der Waals surface area contributed by atoms with Gasteiger partial charge in [-0.05, 0) is 18.4 Å². The highest BCUT2D eigenvalue weighted by Gasteiger charge is 2.19. The number of halogens is 1.